The van der Waals surface area contributed by atoms with Gasteiger partial charge in [-0.25, -0.2) is 0 Å². The van der Waals surface area contributed by atoms with Crippen LogP contribution in [0.2, 0.25) is 0 Å². The highest BCUT2D eigenvalue weighted by Crippen LogP contribution is 2.21. The molecule has 0 saturated carbocycles. The summed E-state index contributed by atoms with van der Waals surface area (Å²) >= 11 is 3.43. The standard InChI is InChI=1S/C12H17BrN2O2/c1-9(2)15-8-10(13)7-11(15)12(16)14-3-5-17-6-4-14/h7-9H,3-6H2,1-2H3. The average molecular weight is 301 g/mol. The highest BCUT2D eigenvalue weighted by atomic mass is 79.9. The van der Waals surface area contributed by atoms with E-state index in [0.717, 1.165) is 10.2 Å². The van der Waals surface area contributed by atoms with Crippen LogP contribution in [-0.2, 0) is 4.74 Å². The number of aromatic nitrogens is 1. The molecule has 0 aromatic carbocycles. The minimum atomic E-state index is 0.0905. The fraction of sp³-hybridized carbons (Fsp3) is 0.583. The summed E-state index contributed by atoms with van der Waals surface area (Å²) in [6.45, 7) is 6.77. The summed E-state index contributed by atoms with van der Waals surface area (Å²) < 4.78 is 8.21. The van der Waals surface area contributed by atoms with Crippen molar-refractivity contribution in [3.05, 3.63) is 22.4 Å². The van der Waals surface area contributed by atoms with E-state index in [9.17, 15) is 4.79 Å². The largest absolute Gasteiger partial charge is 0.378 e. The molecular formula is C12H17BrN2O2. The van der Waals surface area contributed by atoms with Crippen molar-refractivity contribution in [3.63, 3.8) is 0 Å². The van der Waals surface area contributed by atoms with E-state index in [1.165, 1.54) is 0 Å². The van der Waals surface area contributed by atoms with Gasteiger partial charge in [-0.3, -0.25) is 4.79 Å². The van der Waals surface area contributed by atoms with Gasteiger partial charge in [0, 0.05) is 29.8 Å². The number of morpholine rings is 1. The SMILES string of the molecule is CC(C)n1cc(Br)cc1C(=O)N1CCOCC1. The molecule has 5 heteroatoms. The monoisotopic (exact) mass is 300 g/mol. The summed E-state index contributed by atoms with van der Waals surface area (Å²) in [7, 11) is 0. The summed E-state index contributed by atoms with van der Waals surface area (Å²) in [5, 5.41) is 0. The number of hydrogen-bond acceptors (Lipinski definition) is 2. The van der Waals surface area contributed by atoms with Gasteiger partial charge in [0.1, 0.15) is 5.69 Å². The molecule has 1 aliphatic rings. The molecule has 1 saturated heterocycles. The molecule has 1 amide bonds. The van der Waals surface area contributed by atoms with E-state index >= 15 is 0 Å². The molecule has 17 heavy (non-hydrogen) atoms. The average Bonchev–Trinajstić information content (AvgIpc) is 2.72. The topological polar surface area (TPSA) is 34.5 Å². The number of carbonyl (C=O) groups is 1. The summed E-state index contributed by atoms with van der Waals surface area (Å²) in [5.74, 6) is 0.0905. The minimum Gasteiger partial charge on any atom is -0.378 e. The lowest BCUT2D eigenvalue weighted by Gasteiger charge is -2.27. The van der Waals surface area contributed by atoms with E-state index in [0.29, 0.717) is 26.3 Å². The van der Waals surface area contributed by atoms with Crippen LogP contribution in [0.1, 0.15) is 30.4 Å². The Hall–Kier alpha value is -0.810. The number of amides is 1. The van der Waals surface area contributed by atoms with Crippen LogP contribution < -0.4 is 0 Å². The lowest BCUT2D eigenvalue weighted by molar-refractivity contribution is 0.0295. The summed E-state index contributed by atoms with van der Waals surface area (Å²) in [6.07, 6.45) is 1.96. The second-order valence-corrected chi connectivity index (χ2v) is 5.36. The van der Waals surface area contributed by atoms with E-state index in [1.54, 1.807) is 0 Å². The van der Waals surface area contributed by atoms with Gasteiger partial charge in [-0.2, -0.15) is 0 Å². The van der Waals surface area contributed by atoms with Gasteiger partial charge in [0.25, 0.3) is 5.91 Å². The molecule has 2 rings (SSSR count). The maximum atomic E-state index is 12.4. The Bertz CT molecular complexity index is 409. The van der Waals surface area contributed by atoms with Crippen molar-refractivity contribution in [2.24, 2.45) is 0 Å². The summed E-state index contributed by atoms with van der Waals surface area (Å²) in [5.41, 5.74) is 0.744. The number of ether oxygens (including phenoxy) is 1. The van der Waals surface area contributed by atoms with E-state index in [4.69, 9.17) is 4.74 Å². The van der Waals surface area contributed by atoms with E-state index in [2.05, 4.69) is 29.8 Å². The first-order chi connectivity index (χ1) is 8.09. The quantitative estimate of drug-likeness (QED) is 0.840. The smallest absolute Gasteiger partial charge is 0.270 e. The van der Waals surface area contributed by atoms with Gasteiger partial charge in [-0.15, -0.1) is 0 Å². The molecule has 0 spiro atoms. The van der Waals surface area contributed by atoms with Crippen LogP contribution in [0.25, 0.3) is 0 Å². The van der Waals surface area contributed by atoms with Gasteiger partial charge in [0.2, 0.25) is 0 Å². The van der Waals surface area contributed by atoms with Crippen molar-refractivity contribution in [2.75, 3.05) is 26.3 Å². The zero-order valence-electron chi connectivity index (χ0n) is 10.1. The molecule has 0 unspecified atom stereocenters. The first kappa shape index (κ1) is 12.6. The predicted molar refractivity (Wildman–Crippen MR) is 69.2 cm³/mol. The Labute approximate surface area is 110 Å². The maximum absolute atomic E-state index is 12.4. The highest BCUT2D eigenvalue weighted by Gasteiger charge is 2.22. The number of hydrogen-bond donors (Lipinski definition) is 0. The van der Waals surface area contributed by atoms with Crippen molar-refractivity contribution >= 4 is 21.8 Å². The molecule has 0 N–H and O–H groups in total. The second kappa shape index (κ2) is 5.23. The van der Waals surface area contributed by atoms with E-state index in [1.807, 2.05) is 21.7 Å². The minimum absolute atomic E-state index is 0.0905. The lowest BCUT2D eigenvalue weighted by atomic mass is 10.3. The molecular weight excluding hydrogens is 284 g/mol. The Morgan fingerprint density at radius 3 is 2.65 bits per heavy atom. The fourth-order valence-corrected chi connectivity index (χ4v) is 2.41. The first-order valence-electron chi connectivity index (χ1n) is 5.84. The Balaban J connectivity index is 2.23. The molecule has 0 aliphatic carbocycles. The van der Waals surface area contributed by atoms with Gasteiger partial charge >= 0.3 is 0 Å². The Kier molecular flexibility index (Phi) is 3.89. The van der Waals surface area contributed by atoms with Crippen molar-refractivity contribution in [3.8, 4) is 0 Å². The molecule has 94 valence electrons. The third kappa shape index (κ3) is 2.72. The molecule has 4 nitrogen and oxygen atoms in total. The van der Waals surface area contributed by atoms with Crippen LogP contribution in [0.5, 0.6) is 0 Å². The van der Waals surface area contributed by atoms with E-state index in [-0.39, 0.29) is 11.9 Å². The van der Waals surface area contributed by atoms with Gasteiger partial charge < -0.3 is 14.2 Å². The third-order valence-electron chi connectivity index (χ3n) is 2.89. The molecule has 1 fully saturated rings. The molecule has 1 aliphatic heterocycles. The van der Waals surface area contributed by atoms with Crippen LogP contribution in [0.15, 0.2) is 16.7 Å². The summed E-state index contributed by atoms with van der Waals surface area (Å²) in [4.78, 5) is 14.2. The molecule has 0 radical (unpaired) electrons. The van der Waals surface area contributed by atoms with Crippen LogP contribution in [0, 0.1) is 0 Å². The number of nitrogens with zero attached hydrogens (tertiary/aromatic N) is 2. The van der Waals surface area contributed by atoms with Gasteiger partial charge in [0.05, 0.1) is 13.2 Å². The third-order valence-corrected chi connectivity index (χ3v) is 3.32. The molecule has 0 bridgehead atoms. The molecule has 1 aromatic heterocycles. The fourth-order valence-electron chi connectivity index (χ4n) is 1.97. The van der Waals surface area contributed by atoms with Crippen LogP contribution in [0.3, 0.4) is 0 Å². The van der Waals surface area contributed by atoms with Crippen molar-refractivity contribution in [1.29, 1.82) is 0 Å². The Morgan fingerprint density at radius 2 is 2.06 bits per heavy atom. The van der Waals surface area contributed by atoms with E-state index < -0.39 is 0 Å². The first-order valence-corrected chi connectivity index (χ1v) is 6.63. The normalized spacial score (nSPS) is 16.6. The van der Waals surface area contributed by atoms with Crippen molar-refractivity contribution < 1.29 is 9.53 Å². The van der Waals surface area contributed by atoms with Gasteiger partial charge in [0.15, 0.2) is 0 Å². The van der Waals surface area contributed by atoms with Crippen LogP contribution in [0.4, 0.5) is 0 Å². The van der Waals surface area contributed by atoms with Gasteiger partial charge in [-0.05, 0) is 35.8 Å². The lowest BCUT2D eigenvalue weighted by Crippen LogP contribution is -2.41. The number of halogens is 1. The number of carbonyl (C=O) groups excluding carboxylic acids is 1. The molecule has 0 atom stereocenters. The highest BCUT2D eigenvalue weighted by molar-refractivity contribution is 9.10. The molecule has 2 heterocycles. The summed E-state index contributed by atoms with van der Waals surface area (Å²) in [6, 6.07) is 2.17. The molecule has 1 aromatic rings. The van der Waals surface area contributed by atoms with Crippen LogP contribution in [-0.4, -0.2) is 41.7 Å². The number of rotatable bonds is 2. The van der Waals surface area contributed by atoms with Crippen LogP contribution >= 0.6 is 15.9 Å². The zero-order valence-corrected chi connectivity index (χ0v) is 11.7. The van der Waals surface area contributed by atoms with Gasteiger partial charge in [-0.1, -0.05) is 0 Å². The maximum Gasteiger partial charge on any atom is 0.270 e. The zero-order chi connectivity index (χ0) is 12.4. The second-order valence-electron chi connectivity index (χ2n) is 4.45. The van der Waals surface area contributed by atoms with Crippen molar-refractivity contribution in [2.45, 2.75) is 19.9 Å². The Morgan fingerprint density at radius 1 is 1.41 bits per heavy atom. The van der Waals surface area contributed by atoms with Crippen molar-refractivity contribution in [1.82, 2.24) is 9.47 Å². The predicted octanol–water partition coefficient (Wildman–Crippen LogP) is 2.30.